The molecular weight excluding hydrogens is 465 g/mol. The molecule has 0 bridgehead atoms. The second-order valence-electron chi connectivity index (χ2n) is 8.75. The van der Waals surface area contributed by atoms with Crippen molar-refractivity contribution in [3.05, 3.63) is 86.1 Å². The predicted molar refractivity (Wildman–Crippen MR) is 136 cm³/mol. The molecule has 2 N–H and O–H groups in total. The number of anilines is 3. The van der Waals surface area contributed by atoms with E-state index in [-0.39, 0.29) is 29.8 Å². The third-order valence-corrected chi connectivity index (χ3v) is 5.60. The van der Waals surface area contributed by atoms with Gasteiger partial charge in [-0.1, -0.05) is 18.2 Å². The first kappa shape index (κ1) is 24.8. The van der Waals surface area contributed by atoms with Gasteiger partial charge in [-0.2, -0.15) is 0 Å². The van der Waals surface area contributed by atoms with E-state index in [9.17, 15) is 18.8 Å². The number of carbonyl (C=O) groups is 1. The van der Waals surface area contributed by atoms with E-state index >= 15 is 0 Å². The number of nitrogens with zero attached hydrogens (tertiary/aromatic N) is 1. The molecule has 0 radical (unpaired) electrons. The monoisotopic (exact) mass is 491 g/mol. The van der Waals surface area contributed by atoms with Crippen molar-refractivity contribution < 1.29 is 18.7 Å². The Morgan fingerprint density at radius 3 is 2.44 bits per heavy atom. The normalized spacial score (nSPS) is 12.1. The highest BCUT2D eigenvalue weighted by molar-refractivity contribution is 5.93. The van der Waals surface area contributed by atoms with Crippen LogP contribution in [0.5, 0.6) is 5.75 Å². The lowest BCUT2D eigenvalue weighted by Gasteiger charge is -2.21. The molecule has 0 fully saturated rings. The van der Waals surface area contributed by atoms with Crippen LogP contribution in [0.25, 0.3) is 10.8 Å². The van der Waals surface area contributed by atoms with Crippen molar-refractivity contribution >= 4 is 33.9 Å². The molecule has 1 aromatic heterocycles. The summed E-state index contributed by atoms with van der Waals surface area (Å²) in [5, 5.41) is 7.58. The Balaban J connectivity index is 1.53. The maximum atomic E-state index is 13.8. The van der Waals surface area contributed by atoms with Crippen LogP contribution in [-0.4, -0.2) is 30.2 Å². The Bertz CT molecular complexity index is 1490. The number of benzene rings is 2. The van der Waals surface area contributed by atoms with E-state index in [1.165, 1.54) is 19.2 Å². The number of aryl methyl sites for hydroxylation is 1. The van der Waals surface area contributed by atoms with Crippen LogP contribution in [0, 0.1) is 12.7 Å². The molecule has 0 aliphatic heterocycles. The van der Waals surface area contributed by atoms with Crippen LogP contribution in [0.2, 0.25) is 0 Å². The zero-order valence-electron chi connectivity index (χ0n) is 20.3. The molecule has 9 heteroatoms. The molecule has 36 heavy (non-hydrogen) atoms. The van der Waals surface area contributed by atoms with E-state index in [0.717, 1.165) is 22.3 Å². The number of carbonyl (C=O) groups excluding carboxylic acids is 1. The number of pyridine rings is 1. The van der Waals surface area contributed by atoms with Gasteiger partial charge in [0.05, 0.1) is 13.2 Å². The van der Waals surface area contributed by atoms with Crippen molar-refractivity contribution in [3.8, 4) is 5.75 Å². The molecule has 0 aliphatic carbocycles. The van der Waals surface area contributed by atoms with Crippen LogP contribution >= 0.6 is 0 Å². The lowest BCUT2D eigenvalue weighted by molar-refractivity contribution is -0.141. The Morgan fingerprint density at radius 1 is 1.06 bits per heavy atom. The number of methoxy groups -OCH3 is 1. The summed E-state index contributed by atoms with van der Waals surface area (Å²) in [5.41, 5.74) is 0.823. The van der Waals surface area contributed by atoms with Crippen molar-refractivity contribution in [1.29, 1.82) is 0 Å². The first-order chi connectivity index (χ1) is 17.2. The Hall–Kier alpha value is -4.27. The van der Waals surface area contributed by atoms with Crippen molar-refractivity contribution in [2.45, 2.75) is 39.3 Å². The Labute approximate surface area is 206 Å². The van der Waals surface area contributed by atoms with E-state index in [2.05, 4.69) is 15.6 Å². The molecule has 3 aromatic carbocycles. The standard InChI is InChI=1S/C27H26FN3O5/c1-14(2)36-25-22(23(32)24(25)33)31-21(27(34)35-4)12-16-5-9-19(10-6-16)30-26-20-13-18(28)8-7-17(20)11-15(3)29-26/h5-11,13-14,21,31H,12H2,1-4H3,(H,29,30)/t21-/m0/s1. The third kappa shape index (κ3) is 5.19. The molecule has 8 nitrogen and oxygen atoms in total. The first-order valence-electron chi connectivity index (χ1n) is 11.4. The minimum absolute atomic E-state index is 0.0213. The highest BCUT2D eigenvalue weighted by Crippen LogP contribution is 2.27. The minimum Gasteiger partial charge on any atom is -0.485 e. The molecule has 4 aromatic rings. The van der Waals surface area contributed by atoms with Crippen molar-refractivity contribution in [3.63, 3.8) is 0 Å². The predicted octanol–water partition coefficient (Wildman–Crippen LogP) is 4.01. The van der Waals surface area contributed by atoms with Gasteiger partial charge in [-0.25, -0.2) is 14.2 Å². The second kappa shape index (κ2) is 10.2. The van der Waals surface area contributed by atoms with E-state index in [0.29, 0.717) is 11.2 Å². The van der Waals surface area contributed by atoms with E-state index in [4.69, 9.17) is 9.47 Å². The molecular formula is C27H26FN3O5. The number of esters is 1. The topological polar surface area (TPSA) is 107 Å². The highest BCUT2D eigenvalue weighted by atomic mass is 19.1. The summed E-state index contributed by atoms with van der Waals surface area (Å²) in [7, 11) is 1.25. The number of aromatic nitrogens is 1. The molecule has 186 valence electrons. The zero-order chi connectivity index (χ0) is 26.0. The lowest BCUT2D eigenvalue weighted by Crippen LogP contribution is -2.42. The van der Waals surface area contributed by atoms with E-state index in [1.54, 1.807) is 19.9 Å². The molecule has 1 atom stereocenters. The average Bonchev–Trinajstić information content (AvgIpc) is 2.85. The van der Waals surface area contributed by atoms with Crippen LogP contribution in [0.1, 0.15) is 25.1 Å². The Morgan fingerprint density at radius 2 is 1.78 bits per heavy atom. The van der Waals surface area contributed by atoms with Crippen molar-refractivity contribution in [2.75, 3.05) is 17.7 Å². The summed E-state index contributed by atoms with van der Waals surface area (Å²) < 4.78 is 24.1. The fourth-order valence-corrected chi connectivity index (χ4v) is 3.91. The van der Waals surface area contributed by atoms with Gasteiger partial charge in [-0.05, 0) is 62.1 Å². The quantitative estimate of drug-likeness (QED) is 0.267. The molecule has 0 saturated carbocycles. The van der Waals surface area contributed by atoms with E-state index < -0.39 is 22.9 Å². The molecule has 4 rings (SSSR count). The summed E-state index contributed by atoms with van der Waals surface area (Å²) in [6, 6.07) is 12.8. The van der Waals surface area contributed by atoms with Crippen LogP contribution in [0.3, 0.4) is 0 Å². The molecule has 0 saturated heterocycles. The molecule has 0 unspecified atom stereocenters. The van der Waals surface area contributed by atoms with Gasteiger partial charge in [0.2, 0.25) is 0 Å². The number of rotatable bonds is 9. The summed E-state index contributed by atoms with van der Waals surface area (Å²) >= 11 is 0. The third-order valence-electron chi connectivity index (χ3n) is 5.60. The fraction of sp³-hybridized carbons (Fsp3) is 0.259. The first-order valence-corrected chi connectivity index (χ1v) is 11.4. The van der Waals surface area contributed by atoms with Crippen LogP contribution in [-0.2, 0) is 16.0 Å². The maximum Gasteiger partial charge on any atom is 0.328 e. The molecule has 0 spiro atoms. The molecule has 1 heterocycles. The molecule has 0 amide bonds. The van der Waals surface area contributed by atoms with Crippen LogP contribution < -0.4 is 26.2 Å². The number of nitrogens with one attached hydrogen (secondary N) is 2. The average molecular weight is 492 g/mol. The van der Waals surface area contributed by atoms with Gasteiger partial charge in [-0.15, -0.1) is 0 Å². The molecule has 0 aliphatic rings. The van der Waals surface area contributed by atoms with Gasteiger partial charge in [0.15, 0.2) is 5.75 Å². The fourth-order valence-electron chi connectivity index (χ4n) is 3.91. The van der Waals surface area contributed by atoms with Gasteiger partial charge in [0.25, 0.3) is 10.9 Å². The highest BCUT2D eigenvalue weighted by Gasteiger charge is 2.29. The minimum atomic E-state index is -0.906. The summed E-state index contributed by atoms with van der Waals surface area (Å²) in [6.07, 6.45) is -0.106. The van der Waals surface area contributed by atoms with Crippen molar-refractivity contribution in [2.24, 2.45) is 0 Å². The van der Waals surface area contributed by atoms with Gasteiger partial charge < -0.3 is 20.1 Å². The maximum absolute atomic E-state index is 13.8. The second-order valence-corrected chi connectivity index (χ2v) is 8.75. The summed E-state index contributed by atoms with van der Waals surface area (Å²) in [5.74, 6) is -0.475. The number of hydrogen-bond donors (Lipinski definition) is 2. The van der Waals surface area contributed by atoms with Crippen LogP contribution in [0.15, 0.2) is 58.1 Å². The number of ether oxygens (including phenoxy) is 2. The SMILES string of the molecule is COC(=O)[C@H](Cc1ccc(Nc2nc(C)cc3ccc(F)cc23)cc1)Nc1c(OC(C)C)c(=O)c1=O. The van der Waals surface area contributed by atoms with E-state index in [1.807, 2.05) is 37.3 Å². The van der Waals surface area contributed by atoms with Crippen LogP contribution in [0.4, 0.5) is 21.6 Å². The smallest absolute Gasteiger partial charge is 0.328 e. The van der Waals surface area contributed by atoms with Gasteiger partial charge in [0, 0.05) is 23.2 Å². The zero-order valence-corrected chi connectivity index (χ0v) is 20.3. The lowest BCUT2D eigenvalue weighted by atomic mass is 10.0. The van der Waals surface area contributed by atoms with Gasteiger partial charge >= 0.3 is 5.97 Å². The summed E-state index contributed by atoms with van der Waals surface area (Å²) in [4.78, 5) is 40.9. The number of hydrogen-bond acceptors (Lipinski definition) is 8. The van der Waals surface area contributed by atoms with Crippen molar-refractivity contribution in [1.82, 2.24) is 4.98 Å². The Kier molecular flexibility index (Phi) is 7.00. The van der Waals surface area contributed by atoms with Gasteiger partial charge in [0.1, 0.15) is 23.4 Å². The number of halogens is 1. The van der Waals surface area contributed by atoms with Gasteiger partial charge in [-0.3, -0.25) is 9.59 Å². The largest absolute Gasteiger partial charge is 0.485 e. The number of fused-ring (bicyclic) bond motifs is 1. The summed E-state index contributed by atoms with van der Waals surface area (Å²) in [6.45, 7) is 5.34.